The number of carbonyl (C=O) groups is 3. The van der Waals surface area contributed by atoms with Gasteiger partial charge in [-0.2, -0.15) is 0 Å². The minimum atomic E-state index is -0.821. The third-order valence-electron chi connectivity index (χ3n) is 6.80. The molecule has 11 heteroatoms. The molecule has 1 saturated heterocycles. The molecule has 0 saturated carbocycles. The molecule has 0 aromatic heterocycles. The van der Waals surface area contributed by atoms with Crippen LogP contribution in [0.4, 0.5) is 11.4 Å². The molecule has 0 unspecified atom stereocenters. The van der Waals surface area contributed by atoms with E-state index in [4.69, 9.17) is 31.2 Å². The molecule has 1 fully saturated rings. The van der Waals surface area contributed by atoms with Gasteiger partial charge in [0.2, 0.25) is 5.91 Å². The molecule has 1 aliphatic rings. The number of carbonyl (C=O) groups excluding carboxylic acids is 3. The first-order chi connectivity index (χ1) is 20.3. The summed E-state index contributed by atoms with van der Waals surface area (Å²) in [5.74, 6) is 0.747. The van der Waals surface area contributed by atoms with E-state index >= 15 is 0 Å². The Hall–Kier alpha value is -4.64. The number of hydrogen-bond donors (Lipinski definition) is 1. The van der Waals surface area contributed by atoms with E-state index in [-0.39, 0.29) is 24.8 Å². The summed E-state index contributed by atoms with van der Waals surface area (Å²) in [6.45, 7) is 2.39. The third kappa shape index (κ3) is 6.80. The lowest BCUT2D eigenvalue weighted by Crippen LogP contribution is -2.39. The molecule has 10 nitrogen and oxygen atoms in total. The summed E-state index contributed by atoms with van der Waals surface area (Å²) in [6.07, 6.45) is 0.412. The summed E-state index contributed by atoms with van der Waals surface area (Å²) in [4.78, 5) is 42.1. The zero-order valence-corrected chi connectivity index (χ0v) is 24.7. The molecule has 220 valence electrons. The van der Waals surface area contributed by atoms with Crippen LogP contribution in [0.25, 0.3) is 0 Å². The van der Waals surface area contributed by atoms with Crippen LogP contribution in [0.2, 0.25) is 0 Å². The normalized spacial score (nSPS) is 14.5. The van der Waals surface area contributed by atoms with Gasteiger partial charge in [-0.1, -0.05) is 6.07 Å². The molecule has 1 atom stereocenters. The number of nitrogens with zero attached hydrogens (tertiary/aromatic N) is 2. The zero-order chi connectivity index (χ0) is 30.2. The molecule has 2 amide bonds. The molecule has 3 aromatic rings. The van der Waals surface area contributed by atoms with E-state index < -0.39 is 12.0 Å². The summed E-state index contributed by atoms with van der Waals surface area (Å²) >= 11 is 5.79. The van der Waals surface area contributed by atoms with Gasteiger partial charge in [-0.15, -0.1) is 0 Å². The molecule has 0 bridgehead atoms. The van der Waals surface area contributed by atoms with Crippen molar-refractivity contribution in [3.63, 3.8) is 0 Å². The second-order valence-electron chi connectivity index (χ2n) is 9.35. The maximum absolute atomic E-state index is 13.7. The summed E-state index contributed by atoms with van der Waals surface area (Å²) in [5.41, 5.74) is 2.41. The van der Waals surface area contributed by atoms with Crippen LogP contribution in [-0.2, 0) is 20.7 Å². The van der Waals surface area contributed by atoms with Crippen LogP contribution in [0.15, 0.2) is 66.7 Å². The van der Waals surface area contributed by atoms with Crippen LogP contribution in [0.5, 0.6) is 17.2 Å². The molecule has 3 aromatic carbocycles. The Balaban J connectivity index is 1.53. The van der Waals surface area contributed by atoms with E-state index in [2.05, 4.69) is 5.32 Å². The monoisotopic (exact) mass is 591 g/mol. The predicted octanol–water partition coefficient (Wildman–Crippen LogP) is 4.46. The second-order valence-corrected chi connectivity index (χ2v) is 9.72. The first-order valence-electron chi connectivity index (χ1n) is 13.4. The number of anilines is 2. The average molecular weight is 592 g/mol. The SMILES string of the molecule is CCOC(=O)c1ccc(NC(=O)C[C@H]2C(=O)N(c3ccc(OC)cc3)C(=S)N2CCc2ccc(OC)c(OC)c2)cc1. The van der Waals surface area contributed by atoms with Crippen molar-refractivity contribution >= 4 is 46.5 Å². The van der Waals surface area contributed by atoms with E-state index in [1.807, 2.05) is 18.2 Å². The van der Waals surface area contributed by atoms with Crippen molar-refractivity contribution in [1.29, 1.82) is 0 Å². The lowest BCUT2D eigenvalue weighted by atomic mass is 10.1. The maximum atomic E-state index is 13.7. The van der Waals surface area contributed by atoms with Crippen LogP contribution < -0.4 is 24.4 Å². The molecule has 1 heterocycles. The van der Waals surface area contributed by atoms with Crippen molar-refractivity contribution in [3.8, 4) is 17.2 Å². The molecule has 42 heavy (non-hydrogen) atoms. The average Bonchev–Trinajstić information content (AvgIpc) is 3.23. The number of hydrogen-bond acceptors (Lipinski definition) is 8. The van der Waals surface area contributed by atoms with Crippen molar-refractivity contribution in [1.82, 2.24) is 4.90 Å². The molecule has 0 aliphatic carbocycles. The molecule has 1 aliphatic heterocycles. The summed E-state index contributed by atoms with van der Waals surface area (Å²) < 4.78 is 21.0. The first-order valence-corrected chi connectivity index (χ1v) is 13.8. The van der Waals surface area contributed by atoms with Crippen molar-refractivity contribution in [2.45, 2.75) is 25.8 Å². The second kappa shape index (κ2) is 13.8. The van der Waals surface area contributed by atoms with Gasteiger partial charge in [0.15, 0.2) is 16.6 Å². The predicted molar refractivity (Wildman–Crippen MR) is 162 cm³/mol. The largest absolute Gasteiger partial charge is 0.497 e. The fourth-order valence-corrected chi connectivity index (χ4v) is 5.05. The van der Waals surface area contributed by atoms with Crippen LogP contribution in [0.1, 0.15) is 29.3 Å². The van der Waals surface area contributed by atoms with E-state index in [0.29, 0.717) is 52.3 Å². The number of nitrogens with one attached hydrogen (secondary N) is 1. The van der Waals surface area contributed by atoms with Crippen molar-refractivity contribution in [3.05, 3.63) is 77.9 Å². The fourth-order valence-electron chi connectivity index (χ4n) is 4.63. The van der Waals surface area contributed by atoms with Crippen LogP contribution in [0.3, 0.4) is 0 Å². The van der Waals surface area contributed by atoms with Crippen LogP contribution in [0, 0.1) is 0 Å². The smallest absolute Gasteiger partial charge is 0.338 e. The van der Waals surface area contributed by atoms with Gasteiger partial charge in [0, 0.05) is 12.2 Å². The highest BCUT2D eigenvalue weighted by Gasteiger charge is 2.44. The van der Waals surface area contributed by atoms with Gasteiger partial charge in [-0.3, -0.25) is 14.5 Å². The quantitative estimate of drug-likeness (QED) is 0.241. The number of esters is 1. The lowest BCUT2D eigenvalue weighted by molar-refractivity contribution is -0.124. The van der Waals surface area contributed by atoms with Gasteiger partial charge in [-0.05, 0) is 91.8 Å². The van der Waals surface area contributed by atoms with Gasteiger partial charge < -0.3 is 29.2 Å². The Bertz CT molecular complexity index is 1440. The van der Waals surface area contributed by atoms with Crippen molar-refractivity contribution in [2.24, 2.45) is 0 Å². The Morgan fingerprint density at radius 1 is 0.905 bits per heavy atom. The lowest BCUT2D eigenvalue weighted by Gasteiger charge is -2.24. The standard InChI is InChI=1S/C31H33N3O7S/c1-5-41-30(37)21-7-9-22(10-8-21)32-28(35)19-25-29(36)34(23-11-13-24(38-2)14-12-23)31(42)33(25)17-16-20-6-15-26(39-3)27(18-20)40-4/h6-15,18,25H,5,16-17,19H2,1-4H3,(H,32,35)/t25-/m0/s1. The summed E-state index contributed by atoms with van der Waals surface area (Å²) in [6, 6.07) is 18.2. The van der Waals surface area contributed by atoms with Crippen molar-refractivity contribution < 1.29 is 33.3 Å². The minimum Gasteiger partial charge on any atom is -0.497 e. The van der Waals surface area contributed by atoms with Gasteiger partial charge in [0.05, 0.1) is 45.6 Å². The number of amides is 2. The topological polar surface area (TPSA) is 107 Å². The Morgan fingerprint density at radius 2 is 1.60 bits per heavy atom. The number of ether oxygens (including phenoxy) is 4. The maximum Gasteiger partial charge on any atom is 0.338 e. The Morgan fingerprint density at radius 3 is 2.21 bits per heavy atom. The van der Waals surface area contributed by atoms with E-state index in [9.17, 15) is 14.4 Å². The first kappa shape index (κ1) is 30.3. The van der Waals surface area contributed by atoms with Crippen molar-refractivity contribution in [2.75, 3.05) is 44.7 Å². The minimum absolute atomic E-state index is 0.128. The molecule has 0 radical (unpaired) electrons. The van der Waals surface area contributed by atoms with Gasteiger partial charge in [0.1, 0.15) is 11.8 Å². The molecule has 4 rings (SSSR count). The van der Waals surface area contributed by atoms with E-state index in [1.165, 1.54) is 4.90 Å². The zero-order valence-electron chi connectivity index (χ0n) is 23.9. The van der Waals surface area contributed by atoms with E-state index in [0.717, 1.165) is 5.56 Å². The van der Waals surface area contributed by atoms with Gasteiger partial charge in [0.25, 0.3) is 5.91 Å². The highest BCUT2D eigenvalue weighted by atomic mass is 32.1. The molecule has 1 N–H and O–H groups in total. The summed E-state index contributed by atoms with van der Waals surface area (Å²) in [7, 11) is 4.71. The third-order valence-corrected chi connectivity index (χ3v) is 7.21. The van der Waals surface area contributed by atoms with Crippen LogP contribution >= 0.6 is 12.2 Å². The number of thiocarbonyl (C=S) groups is 1. The van der Waals surface area contributed by atoms with Gasteiger partial charge in [-0.25, -0.2) is 4.79 Å². The summed E-state index contributed by atoms with van der Waals surface area (Å²) in [5, 5.41) is 3.12. The molecule has 0 spiro atoms. The van der Waals surface area contributed by atoms with E-state index in [1.54, 1.807) is 81.7 Å². The molecular formula is C31H33N3O7S. The van der Waals surface area contributed by atoms with Gasteiger partial charge >= 0.3 is 5.97 Å². The highest BCUT2D eigenvalue weighted by molar-refractivity contribution is 7.80. The number of benzene rings is 3. The highest BCUT2D eigenvalue weighted by Crippen LogP contribution is 2.31. The van der Waals surface area contributed by atoms with Crippen LogP contribution in [-0.4, -0.2) is 68.3 Å². The Kier molecular flexibility index (Phi) is 9.98. The number of methoxy groups -OCH3 is 3. The fraction of sp³-hybridized carbons (Fsp3) is 0.290. The molecular weight excluding hydrogens is 558 g/mol. The Labute approximate surface area is 250 Å². The number of rotatable bonds is 12.